The van der Waals surface area contributed by atoms with Crippen LogP contribution in [-0.4, -0.2) is 55.5 Å². The fourth-order valence-electron chi connectivity index (χ4n) is 2.47. The van der Waals surface area contributed by atoms with Gasteiger partial charge in [-0.2, -0.15) is 0 Å². The van der Waals surface area contributed by atoms with Gasteiger partial charge in [0, 0.05) is 51.8 Å². The lowest BCUT2D eigenvalue weighted by Crippen LogP contribution is -2.35. The van der Waals surface area contributed by atoms with Gasteiger partial charge in [0.05, 0.1) is 0 Å². The van der Waals surface area contributed by atoms with Gasteiger partial charge in [0.2, 0.25) is 0 Å². The molecule has 0 saturated heterocycles. The maximum Gasteiger partial charge on any atom is 0.195 e. The smallest absolute Gasteiger partial charge is 0.195 e. The lowest BCUT2D eigenvalue weighted by Gasteiger charge is -2.22. The van der Waals surface area contributed by atoms with Gasteiger partial charge in [-0.25, -0.2) is 0 Å². The van der Waals surface area contributed by atoms with Crippen LogP contribution in [0.2, 0.25) is 0 Å². The third kappa shape index (κ3) is 3.32. The molecule has 2 rings (SSSR count). The highest BCUT2D eigenvalue weighted by Gasteiger charge is 2.04. The summed E-state index contributed by atoms with van der Waals surface area (Å²) < 4.78 is 0. The molecule has 4 nitrogen and oxygen atoms in total. The molecule has 1 heterocycles. The summed E-state index contributed by atoms with van der Waals surface area (Å²) in [7, 11) is 8.11. The van der Waals surface area contributed by atoms with E-state index in [4.69, 9.17) is 0 Å². The number of nitrogens with one attached hydrogen (secondary N) is 1. The molecule has 20 heavy (non-hydrogen) atoms. The van der Waals surface area contributed by atoms with E-state index in [1.54, 1.807) is 0 Å². The molecular weight excluding hydrogens is 248 g/mol. The predicted octanol–water partition coefficient (Wildman–Crippen LogP) is 2.58. The van der Waals surface area contributed by atoms with Crippen molar-refractivity contribution in [3.05, 3.63) is 36.0 Å². The lowest BCUT2D eigenvalue weighted by atomic mass is 10.1. The number of aliphatic imine (C=N–C) groups is 1. The molecule has 1 aromatic carbocycles. The molecule has 108 valence electrons. The van der Waals surface area contributed by atoms with E-state index in [1.165, 1.54) is 16.5 Å². The zero-order valence-electron chi connectivity index (χ0n) is 12.8. The molecule has 0 bridgehead atoms. The molecule has 0 amide bonds. The summed E-state index contributed by atoms with van der Waals surface area (Å²) >= 11 is 0. The van der Waals surface area contributed by atoms with Crippen LogP contribution in [0.3, 0.4) is 0 Å². The molecule has 0 saturated carbocycles. The van der Waals surface area contributed by atoms with Crippen LogP contribution in [-0.2, 0) is 6.42 Å². The number of fused-ring (bicyclic) bond motifs is 1. The van der Waals surface area contributed by atoms with Crippen molar-refractivity contribution in [2.24, 2.45) is 4.99 Å². The number of benzene rings is 1. The first-order chi connectivity index (χ1) is 9.59. The van der Waals surface area contributed by atoms with Gasteiger partial charge in [-0.3, -0.25) is 4.99 Å². The molecule has 0 radical (unpaired) electrons. The summed E-state index contributed by atoms with van der Waals surface area (Å²) in [5.41, 5.74) is 2.60. The quantitative estimate of drug-likeness (QED) is 0.527. The number of aromatic nitrogens is 1. The van der Waals surface area contributed by atoms with E-state index in [0.29, 0.717) is 0 Å². The van der Waals surface area contributed by atoms with E-state index in [1.807, 2.05) is 38.0 Å². The fourth-order valence-corrected chi connectivity index (χ4v) is 2.47. The standard InChI is InChI=1S/C16H24N4/c1-19(2)16(20(3)4)17-11-7-8-13-12-18-15-10-6-5-9-14(13)15/h5-6,9-10,12,18H,7-8,11H2,1-4H3. The van der Waals surface area contributed by atoms with Crippen LogP contribution < -0.4 is 0 Å². The van der Waals surface area contributed by atoms with E-state index >= 15 is 0 Å². The number of hydrogen-bond donors (Lipinski definition) is 1. The molecule has 2 aromatic rings. The first kappa shape index (κ1) is 14.4. The molecule has 0 spiro atoms. The number of aryl methyl sites for hydroxylation is 1. The van der Waals surface area contributed by atoms with Crippen LogP contribution in [0.5, 0.6) is 0 Å². The summed E-state index contributed by atoms with van der Waals surface area (Å²) in [4.78, 5) is 12.1. The van der Waals surface area contributed by atoms with Gasteiger partial charge in [-0.05, 0) is 24.5 Å². The largest absolute Gasteiger partial charge is 0.361 e. The number of hydrogen-bond acceptors (Lipinski definition) is 1. The topological polar surface area (TPSA) is 34.6 Å². The van der Waals surface area contributed by atoms with E-state index in [0.717, 1.165) is 25.3 Å². The summed E-state index contributed by atoms with van der Waals surface area (Å²) in [6, 6.07) is 8.45. The predicted molar refractivity (Wildman–Crippen MR) is 86.3 cm³/mol. The monoisotopic (exact) mass is 272 g/mol. The van der Waals surface area contributed by atoms with Gasteiger partial charge >= 0.3 is 0 Å². The Morgan fingerprint density at radius 2 is 1.80 bits per heavy atom. The number of para-hydroxylation sites is 1. The zero-order valence-corrected chi connectivity index (χ0v) is 12.8. The third-order valence-electron chi connectivity index (χ3n) is 3.33. The van der Waals surface area contributed by atoms with E-state index in [-0.39, 0.29) is 0 Å². The second-order valence-corrected chi connectivity index (χ2v) is 5.43. The maximum atomic E-state index is 4.66. The molecular formula is C16H24N4. The average molecular weight is 272 g/mol. The minimum atomic E-state index is 0.852. The van der Waals surface area contributed by atoms with Crippen molar-refractivity contribution >= 4 is 16.9 Å². The molecule has 0 aliphatic carbocycles. The first-order valence-electron chi connectivity index (χ1n) is 7.03. The Kier molecular flexibility index (Phi) is 4.66. The second-order valence-electron chi connectivity index (χ2n) is 5.43. The molecule has 1 aromatic heterocycles. The average Bonchev–Trinajstić information content (AvgIpc) is 2.81. The van der Waals surface area contributed by atoms with E-state index < -0.39 is 0 Å². The highest BCUT2D eigenvalue weighted by molar-refractivity contribution is 5.83. The Bertz CT molecular complexity index is 571. The minimum Gasteiger partial charge on any atom is -0.361 e. The third-order valence-corrected chi connectivity index (χ3v) is 3.33. The molecule has 0 unspecified atom stereocenters. The second kappa shape index (κ2) is 6.46. The van der Waals surface area contributed by atoms with Gasteiger partial charge in [0.1, 0.15) is 0 Å². The molecule has 0 atom stereocenters. The number of nitrogens with zero attached hydrogens (tertiary/aromatic N) is 3. The Morgan fingerprint density at radius 1 is 1.10 bits per heavy atom. The van der Waals surface area contributed by atoms with Crippen molar-refractivity contribution in [3.63, 3.8) is 0 Å². The van der Waals surface area contributed by atoms with Crippen molar-refractivity contribution < 1.29 is 0 Å². The Morgan fingerprint density at radius 3 is 2.50 bits per heavy atom. The number of rotatable bonds is 4. The Balaban J connectivity index is 1.95. The normalized spacial score (nSPS) is 10.6. The number of aromatic amines is 1. The maximum absolute atomic E-state index is 4.66. The van der Waals surface area contributed by atoms with Crippen LogP contribution in [0.1, 0.15) is 12.0 Å². The summed E-state index contributed by atoms with van der Waals surface area (Å²) in [5, 5.41) is 1.33. The van der Waals surface area contributed by atoms with Crippen molar-refractivity contribution in [2.45, 2.75) is 12.8 Å². The highest BCUT2D eigenvalue weighted by Crippen LogP contribution is 2.18. The lowest BCUT2D eigenvalue weighted by molar-refractivity contribution is 0.479. The van der Waals surface area contributed by atoms with Crippen molar-refractivity contribution in [3.8, 4) is 0 Å². The van der Waals surface area contributed by atoms with Gasteiger partial charge < -0.3 is 14.8 Å². The Hall–Kier alpha value is -1.97. The van der Waals surface area contributed by atoms with Crippen LogP contribution in [0.4, 0.5) is 0 Å². The molecule has 4 heteroatoms. The van der Waals surface area contributed by atoms with Crippen molar-refractivity contribution in [1.82, 2.24) is 14.8 Å². The molecule has 1 N–H and O–H groups in total. The Labute approximate surface area is 121 Å². The van der Waals surface area contributed by atoms with E-state index in [2.05, 4.69) is 40.4 Å². The number of guanidine groups is 1. The van der Waals surface area contributed by atoms with Gasteiger partial charge in [0.25, 0.3) is 0 Å². The SMILES string of the molecule is CN(C)C(=NCCCc1c[nH]c2ccccc12)N(C)C. The van der Waals surface area contributed by atoms with Crippen LogP contribution in [0, 0.1) is 0 Å². The molecule has 0 aliphatic heterocycles. The van der Waals surface area contributed by atoms with Crippen LogP contribution in [0.25, 0.3) is 10.9 Å². The van der Waals surface area contributed by atoms with Crippen molar-refractivity contribution in [1.29, 1.82) is 0 Å². The fraction of sp³-hybridized carbons (Fsp3) is 0.438. The van der Waals surface area contributed by atoms with Crippen LogP contribution in [0.15, 0.2) is 35.5 Å². The minimum absolute atomic E-state index is 0.852. The van der Waals surface area contributed by atoms with Crippen LogP contribution >= 0.6 is 0 Å². The van der Waals surface area contributed by atoms with E-state index in [9.17, 15) is 0 Å². The summed E-state index contributed by atoms with van der Waals surface area (Å²) in [5.74, 6) is 1.02. The molecule has 0 aliphatic rings. The first-order valence-corrected chi connectivity index (χ1v) is 7.03. The van der Waals surface area contributed by atoms with Crippen molar-refractivity contribution in [2.75, 3.05) is 34.7 Å². The van der Waals surface area contributed by atoms with Gasteiger partial charge in [-0.1, -0.05) is 18.2 Å². The summed E-state index contributed by atoms with van der Waals surface area (Å²) in [6.07, 6.45) is 4.24. The number of H-pyrrole nitrogens is 1. The van der Waals surface area contributed by atoms with Gasteiger partial charge in [-0.15, -0.1) is 0 Å². The van der Waals surface area contributed by atoms with Gasteiger partial charge in [0.15, 0.2) is 5.96 Å². The summed E-state index contributed by atoms with van der Waals surface area (Å²) in [6.45, 7) is 0.852. The molecule has 0 fully saturated rings. The zero-order chi connectivity index (χ0) is 14.5. The highest BCUT2D eigenvalue weighted by atomic mass is 15.3.